The van der Waals surface area contributed by atoms with Gasteiger partial charge in [0.2, 0.25) is 21.8 Å². The molecule has 0 heterocycles. The van der Waals surface area contributed by atoms with Crippen LogP contribution in [0.1, 0.15) is 32.3 Å². The first kappa shape index (κ1) is 25.7. The molecule has 0 aromatic heterocycles. The third-order valence-corrected chi connectivity index (χ3v) is 6.44. The largest absolute Gasteiger partial charge is 0.354 e. The summed E-state index contributed by atoms with van der Waals surface area (Å²) in [6.07, 6.45) is 2.79. The van der Waals surface area contributed by atoms with Crippen molar-refractivity contribution in [1.29, 1.82) is 0 Å². The lowest BCUT2D eigenvalue weighted by Crippen LogP contribution is -2.51. The molecule has 2 rings (SSSR count). The van der Waals surface area contributed by atoms with Gasteiger partial charge in [-0.2, -0.15) is 0 Å². The van der Waals surface area contributed by atoms with Crippen molar-refractivity contribution in [1.82, 2.24) is 10.2 Å². The lowest BCUT2D eigenvalue weighted by molar-refractivity contribution is -0.139. The van der Waals surface area contributed by atoms with Crippen molar-refractivity contribution < 1.29 is 18.0 Å². The number of carbonyl (C=O) groups is 2. The van der Waals surface area contributed by atoms with Crippen LogP contribution < -0.4 is 9.62 Å². The monoisotopic (exact) mass is 479 g/mol. The van der Waals surface area contributed by atoms with E-state index in [1.807, 2.05) is 37.3 Å². The highest BCUT2D eigenvalue weighted by Gasteiger charge is 2.30. The Morgan fingerprint density at radius 2 is 1.69 bits per heavy atom. The van der Waals surface area contributed by atoms with Gasteiger partial charge in [-0.3, -0.25) is 13.9 Å². The minimum atomic E-state index is -3.80. The smallest absolute Gasteiger partial charge is 0.244 e. The van der Waals surface area contributed by atoms with Crippen molar-refractivity contribution in [3.8, 4) is 0 Å². The molecule has 9 heteroatoms. The zero-order valence-electron chi connectivity index (χ0n) is 18.6. The van der Waals surface area contributed by atoms with Gasteiger partial charge in [0.1, 0.15) is 12.6 Å². The van der Waals surface area contributed by atoms with Gasteiger partial charge in [0.25, 0.3) is 0 Å². The maximum atomic E-state index is 13.4. The average Bonchev–Trinajstić information content (AvgIpc) is 2.76. The summed E-state index contributed by atoms with van der Waals surface area (Å²) >= 11 is 6.21. The van der Waals surface area contributed by atoms with Crippen molar-refractivity contribution in [2.24, 2.45) is 0 Å². The van der Waals surface area contributed by atoms with Crippen molar-refractivity contribution in [3.05, 3.63) is 65.2 Å². The lowest BCUT2D eigenvalue weighted by Gasteiger charge is -2.31. The number of sulfonamides is 1. The number of nitrogens with zero attached hydrogens (tertiary/aromatic N) is 2. The number of para-hydroxylation sites is 1. The van der Waals surface area contributed by atoms with E-state index in [9.17, 15) is 18.0 Å². The molecule has 0 aliphatic carbocycles. The Bertz CT molecular complexity index is 1010. The summed E-state index contributed by atoms with van der Waals surface area (Å²) in [5, 5.41) is 3.06. The number of hydrogen-bond donors (Lipinski definition) is 1. The van der Waals surface area contributed by atoms with Crippen molar-refractivity contribution >= 4 is 39.1 Å². The third kappa shape index (κ3) is 7.24. The summed E-state index contributed by atoms with van der Waals surface area (Å²) < 4.78 is 26.0. The maximum Gasteiger partial charge on any atom is 0.244 e. The van der Waals surface area contributed by atoms with E-state index in [1.165, 1.54) is 4.90 Å². The predicted molar refractivity (Wildman–Crippen MR) is 128 cm³/mol. The van der Waals surface area contributed by atoms with Gasteiger partial charge in [0, 0.05) is 13.1 Å². The van der Waals surface area contributed by atoms with Gasteiger partial charge in [0.05, 0.1) is 17.0 Å². The second-order valence-corrected chi connectivity index (χ2v) is 9.86. The molecule has 0 saturated heterocycles. The van der Waals surface area contributed by atoms with Crippen LogP contribution in [0.25, 0.3) is 0 Å². The number of hydrogen-bond acceptors (Lipinski definition) is 4. The Morgan fingerprint density at radius 1 is 1.06 bits per heavy atom. The van der Waals surface area contributed by atoms with Crippen molar-refractivity contribution in [2.75, 3.05) is 23.7 Å². The Balaban J connectivity index is 2.33. The average molecular weight is 480 g/mol. The van der Waals surface area contributed by atoms with Gasteiger partial charge in [-0.1, -0.05) is 67.4 Å². The van der Waals surface area contributed by atoms with Crippen LogP contribution in [-0.4, -0.2) is 50.5 Å². The molecule has 0 fully saturated rings. The van der Waals surface area contributed by atoms with Gasteiger partial charge in [-0.25, -0.2) is 8.42 Å². The molecule has 0 unspecified atom stereocenters. The van der Waals surface area contributed by atoms with Crippen LogP contribution in [0.2, 0.25) is 5.02 Å². The number of benzene rings is 2. The van der Waals surface area contributed by atoms with Crippen molar-refractivity contribution in [3.63, 3.8) is 0 Å². The molecule has 2 aromatic carbocycles. The molecule has 32 heavy (non-hydrogen) atoms. The van der Waals surface area contributed by atoms with Crippen LogP contribution in [-0.2, 0) is 26.2 Å². The number of carbonyl (C=O) groups excluding carboxylic acids is 2. The van der Waals surface area contributed by atoms with E-state index in [-0.39, 0.29) is 23.2 Å². The van der Waals surface area contributed by atoms with Gasteiger partial charge < -0.3 is 10.2 Å². The molecule has 0 radical (unpaired) electrons. The van der Waals surface area contributed by atoms with Crippen LogP contribution in [0, 0.1) is 0 Å². The van der Waals surface area contributed by atoms with E-state index in [0.717, 1.165) is 29.0 Å². The summed E-state index contributed by atoms with van der Waals surface area (Å²) in [5.74, 6) is -0.788. The van der Waals surface area contributed by atoms with Gasteiger partial charge in [0.15, 0.2) is 0 Å². The highest BCUT2D eigenvalue weighted by atomic mass is 35.5. The second kappa shape index (κ2) is 11.9. The molecular formula is C23H30ClN3O4S. The predicted octanol–water partition coefficient (Wildman–Crippen LogP) is 3.44. The Labute approximate surface area is 195 Å². The van der Waals surface area contributed by atoms with Gasteiger partial charge in [-0.05, 0) is 31.0 Å². The van der Waals surface area contributed by atoms with Crippen molar-refractivity contribution in [2.45, 2.75) is 39.3 Å². The molecule has 2 aromatic rings. The molecule has 174 valence electrons. The summed E-state index contributed by atoms with van der Waals surface area (Å²) in [6.45, 7) is 3.88. The van der Waals surface area contributed by atoms with Crippen LogP contribution in [0.4, 0.5) is 5.69 Å². The van der Waals surface area contributed by atoms with E-state index >= 15 is 0 Å². The van der Waals surface area contributed by atoms with Gasteiger partial charge in [-0.15, -0.1) is 0 Å². The first-order valence-electron chi connectivity index (χ1n) is 10.5. The zero-order chi connectivity index (χ0) is 23.7. The fraction of sp³-hybridized carbons (Fsp3) is 0.391. The normalized spacial score (nSPS) is 12.1. The molecule has 1 N–H and O–H groups in total. The Hall–Kier alpha value is -2.58. The molecule has 7 nitrogen and oxygen atoms in total. The second-order valence-electron chi connectivity index (χ2n) is 7.55. The third-order valence-electron chi connectivity index (χ3n) is 4.99. The summed E-state index contributed by atoms with van der Waals surface area (Å²) in [7, 11) is -3.80. The number of rotatable bonds is 11. The van der Waals surface area contributed by atoms with E-state index in [1.54, 1.807) is 31.2 Å². The molecule has 0 bridgehead atoms. The van der Waals surface area contributed by atoms with E-state index in [0.29, 0.717) is 6.54 Å². The molecule has 0 aliphatic rings. The topological polar surface area (TPSA) is 86.8 Å². The Morgan fingerprint density at radius 3 is 2.28 bits per heavy atom. The number of unbranched alkanes of at least 4 members (excludes halogenated alkanes) is 1. The van der Waals surface area contributed by atoms with Gasteiger partial charge >= 0.3 is 0 Å². The fourth-order valence-corrected chi connectivity index (χ4v) is 4.30. The molecule has 0 aliphatic heterocycles. The number of nitrogens with one attached hydrogen (secondary N) is 1. The number of amides is 2. The standard InChI is InChI=1S/C23H30ClN3O4S/c1-4-5-15-25-23(29)18(2)26(16-19-11-7-6-8-12-19)22(28)17-27(32(3,30)31)21-14-10-9-13-20(21)24/h6-14,18H,4-5,15-17H2,1-3H3,(H,25,29)/t18-/m1/s1. The first-order chi connectivity index (χ1) is 15.1. The van der Waals surface area contributed by atoms with E-state index < -0.39 is 28.5 Å². The van der Waals surface area contributed by atoms with E-state index in [2.05, 4.69) is 5.32 Å². The summed E-state index contributed by atoms with van der Waals surface area (Å²) in [5.41, 5.74) is 1.04. The maximum absolute atomic E-state index is 13.4. The first-order valence-corrected chi connectivity index (χ1v) is 12.7. The van der Waals surface area contributed by atoms with Crippen LogP contribution >= 0.6 is 11.6 Å². The number of halogens is 1. The van der Waals surface area contributed by atoms with E-state index in [4.69, 9.17) is 11.6 Å². The van der Waals surface area contributed by atoms with Crippen LogP contribution in [0.15, 0.2) is 54.6 Å². The lowest BCUT2D eigenvalue weighted by atomic mass is 10.1. The van der Waals surface area contributed by atoms with Crippen LogP contribution in [0.3, 0.4) is 0 Å². The minimum absolute atomic E-state index is 0.169. The fourth-order valence-electron chi connectivity index (χ4n) is 3.15. The quantitative estimate of drug-likeness (QED) is 0.500. The zero-order valence-corrected chi connectivity index (χ0v) is 20.2. The van der Waals surface area contributed by atoms with Crippen LogP contribution in [0.5, 0.6) is 0 Å². The number of anilines is 1. The highest BCUT2D eigenvalue weighted by molar-refractivity contribution is 7.92. The molecule has 0 saturated carbocycles. The molecule has 2 amide bonds. The SMILES string of the molecule is CCCCNC(=O)[C@@H](C)N(Cc1ccccc1)C(=O)CN(c1ccccc1Cl)S(C)(=O)=O. The Kier molecular flexibility index (Phi) is 9.53. The molecule has 0 spiro atoms. The molecular weight excluding hydrogens is 450 g/mol. The summed E-state index contributed by atoms with van der Waals surface area (Å²) in [6, 6.07) is 14.9. The highest BCUT2D eigenvalue weighted by Crippen LogP contribution is 2.27. The summed E-state index contributed by atoms with van der Waals surface area (Å²) in [4.78, 5) is 27.5. The molecule has 1 atom stereocenters. The minimum Gasteiger partial charge on any atom is -0.354 e.